The number of anilines is 2. The van der Waals surface area contributed by atoms with Gasteiger partial charge in [0.1, 0.15) is 0 Å². The average molecular weight is 308 g/mol. The summed E-state index contributed by atoms with van der Waals surface area (Å²) < 4.78 is 5.46. The zero-order valence-electron chi connectivity index (χ0n) is 13.5. The molecule has 120 valence electrons. The number of hydrazine groups is 1. The Labute approximate surface area is 138 Å². The van der Waals surface area contributed by atoms with Crippen LogP contribution in [0.3, 0.4) is 0 Å². The van der Waals surface area contributed by atoms with Crippen LogP contribution in [0.1, 0.15) is 36.3 Å². The van der Waals surface area contributed by atoms with Crippen molar-refractivity contribution in [1.29, 1.82) is 0 Å². The van der Waals surface area contributed by atoms with Crippen LogP contribution in [-0.4, -0.2) is 19.8 Å². The second-order valence-electron chi connectivity index (χ2n) is 6.50. The zero-order chi connectivity index (χ0) is 15.5. The van der Waals surface area contributed by atoms with Crippen LogP contribution in [0.25, 0.3) is 0 Å². The van der Waals surface area contributed by atoms with Crippen molar-refractivity contribution in [3.63, 3.8) is 0 Å². The lowest BCUT2D eigenvalue weighted by atomic mass is 9.92. The molecule has 0 aromatic heterocycles. The van der Waals surface area contributed by atoms with Crippen molar-refractivity contribution < 1.29 is 4.74 Å². The Kier molecular flexibility index (Phi) is 4.20. The van der Waals surface area contributed by atoms with Crippen molar-refractivity contribution in [2.75, 3.05) is 30.2 Å². The average Bonchev–Trinajstić information content (AvgIpc) is 2.63. The van der Waals surface area contributed by atoms with Crippen LogP contribution in [0.5, 0.6) is 0 Å². The summed E-state index contributed by atoms with van der Waals surface area (Å²) in [6.07, 6.45) is 4.67. The molecule has 4 rings (SSSR count). The number of hydrogen-bond acceptors (Lipinski definition) is 3. The smallest absolute Gasteiger partial charge is 0.0603 e. The predicted molar refractivity (Wildman–Crippen MR) is 95.0 cm³/mol. The number of aryl methyl sites for hydroxylation is 1. The van der Waals surface area contributed by atoms with E-state index in [0.717, 1.165) is 38.3 Å². The summed E-state index contributed by atoms with van der Waals surface area (Å²) in [4.78, 5) is 0. The molecule has 0 amide bonds. The number of nitrogens with one attached hydrogen (secondary N) is 1. The first-order valence-electron chi connectivity index (χ1n) is 8.70. The number of nitrogens with zero attached hydrogens (tertiary/aromatic N) is 1. The van der Waals surface area contributed by atoms with E-state index < -0.39 is 0 Å². The van der Waals surface area contributed by atoms with Crippen LogP contribution >= 0.6 is 0 Å². The van der Waals surface area contributed by atoms with Crippen molar-refractivity contribution in [3.05, 3.63) is 59.7 Å². The summed E-state index contributed by atoms with van der Waals surface area (Å²) in [5.41, 5.74) is 8.93. The number of ether oxygens (including phenoxy) is 1. The fourth-order valence-electron chi connectivity index (χ4n) is 3.67. The molecule has 1 N–H and O–H groups in total. The van der Waals surface area contributed by atoms with Gasteiger partial charge in [-0.05, 0) is 60.9 Å². The highest BCUT2D eigenvalue weighted by atomic mass is 16.5. The van der Waals surface area contributed by atoms with E-state index in [1.165, 1.54) is 29.7 Å². The largest absolute Gasteiger partial charge is 0.381 e. The van der Waals surface area contributed by atoms with Crippen molar-refractivity contribution in [3.8, 4) is 0 Å². The number of fused-ring (bicyclic) bond motifs is 1. The Morgan fingerprint density at radius 1 is 0.957 bits per heavy atom. The Bertz CT molecular complexity index is 647. The zero-order valence-corrected chi connectivity index (χ0v) is 13.5. The maximum absolute atomic E-state index is 5.46. The van der Waals surface area contributed by atoms with E-state index in [9.17, 15) is 0 Å². The van der Waals surface area contributed by atoms with Crippen LogP contribution in [0.2, 0.25) is 0 Å². The number of hydrogen-bond donors (Lipinski definition) is 1. The second kappa shape index (κ2) is 6.63. The molecule has 3 heteroatoms. The van der Waals surface area contributed by atoms with Gasteiger partial charge in [0.05, 0.1) is 11.4 Å². The van der Waals surface area contributed by atoms with E-state index in [0.29, 0.717) is 5.92 Å². The number of para-hydroxylation sites is 1. The molecular formula is C20H24N2O. The molecule has 2 aliphatic heterocycles. The van der Waals surface area contributed by atoms with E-state index in [1.807, 2.05) is 0 Å². The van der Waals surface area contributed by atoms with E-state index in [4.69, 9.17) is 4.74 Å². The van der Waals surface area contributed by atoms with Gasteiger partial charge in [0, 0.05) is 19.8 Å². The lowest BCUT2D eigenvalue weighted by molar-refractivity contribution is 0.0853. The van der Waals surface area contributed by atoms with Crippen molar-refractivity contribution in [2.24, 2.45) is 0 Å². The third-order valence-corrected chi connectivity index (χ3v) is 4.98. The molecule has 2 aromatic rings. The van der Waals surface area contributed by atoms with Gasteiger partial charge in [-0.25, -0.2) is 0 Å². The number of benzene rings is 2. The van der Waals surface area contributed by atoms with Crippen LogP contribution < -0.4 is 10.4 Å². The van der Waals surface area contributed by atoms with Gasteiger partial charge in [0.15, 0.2) is 0 Å². The van der Waals surface area contributed by atoms with E-state index in [1.54, 1.807) is 0 Å². The summed E-state index contributed by atoms with van der Waals surface area (Å²) in [5.74, 6) is 0.661. The van der Waals surface area contributed by atoms with Crippen molar-refractivity contribution in [1.82, 2.24) is 0 Å². The summed E-state index contributed by atoms with van der Waals surface area (Å²) in [6.45, 7) is 2.85. The third-order valence-electron chi connectivity index (χ3n) is 4.98. The molecule has 0 bridgehead atoms. The topological polar surface area (TPSA) is 24.5 Å². The minimum Gasteiger partial charge on any atom is -0.381 e. The second-order valence-corrected chi connectivity index (χ2v) is 6.50. The minimum absolute atomic E-state index is 0.661. The highest BCUT2D eigenvalue weighted by Crippen LogP contribution is 2.29. The molecule has 2 heterocycles. The summed E-state index contributed by atoms with van der Waals surface area (Å²) in [7, 11) is 0. The fourth-order valence-corrected chi connectivity index (χ4v) is 3.67. The van der Waals surface area contributed by atoms with Gasteiger partial charge in [0.2, 0.25) is 0 Å². The van der Waals surface area contributed by atoms with E-state index >= 15 is 0 Å². The van der Waals surface area contributed by atoms with Crippen molar-refractivity contribution in [2.45, 2.75) is 31.6 Å². The molecule has 0 radical (unpaired) electrons. The maximum atomic E-state index is 5.46. The quantitative estimate of drug-likeness (QED) is 0.911. The van der Waals surface area contributed by atoms with Crippen LogP contribution in [0.4, 0.5) is 11.4 Å². The minimum atomic E-state index is 0.661. The van der Waals surface area contributed by atoms with Crippen LogP contribution in [-0.2, 0) is 11.2 Å². The lowest BCUT2D eigenvalue weighted by Gasteiger charge is -2.32. The van der Waals surface area contributed by atoms with E-state index in [-0.39, 0.29) is 0 Å². The molecule has 0 saturated carbocycles. The SMILES string of the molecule is c1ccc2c(c1)CCCN2Nc1ccc(C2CCOCC2)cc1. The fraction of sp³-hybridized carbons (Fsp3) is 0.400. The number of rotatable bonds is 3. The first kappa shape index (κ1) is 14.6. The van der Waals surface area contributed by atoms with Gasteiger partial charge in [-0.1, -0.05) is 30.3 Å². The lowest BCUT2D eigenvalue weighted by Crippen LogP contribution is -2.34. The first-order valence-corrected chi connectivity index (χ1v) is 8.70. The van der Waals surface area contributed by atoms with Gasteiger partial charge in [-0.15, -0.1) is 0 Å². The third kappa shape index (κ3) is 3.20. The Morgan fingerprint density at radius 3 is 2.57 bits per heavy atom. The highest BCUT2D eigenvalue weighted by molar-refractivity contribution is 5.60. The van der Waals surface area contributed by atoms with Gasteiger partial charge in [-0.2, -0.15) is 0 Å². The molecule has 0 unspecified atom stereocenters. The summed E-state index contributed by atoms with van der Waals surface area (Å²) in [5, 5.41) is 2.28. The molecule has 2 aromatic carbocycles. The van der Waals surface area contributed by atoms with Gasteiger partial charge in [0.25, 0.3) is 0 Å². The molecule has 2 aliphatic rings. The van der Waals surface area contributed by atoms with Gasteiger partial charge < -0.3 is 4.74 Å². The molecule has 1 fully saturated rings. The Morgan fingerprint density at radius 2 is 1.74 bits per heavy atom. The van der Waals surface area contributed by atoms with E-state index in [2.05, 4.69) is 59.0 Å². The molecule has 0 spiro atoms. The van der Waals surface area contributed by atoms with Crippen molar-refractivity contribution >= 4 is 11.4 Å². The molecule has 0 atom stereocenters. The van der Waals surface area contributed by atoms with Crippen LogP contribution in [0, 0.1) is 0 Å². The monoisotopic (exact) mass is 308 g/mol. The first-order chi connectivity index (χ1) is 11.4. The normalized spacial score (nSPS) is 18.5. The maximum Gasteiger partial charge on any atom is 0.0603 e. The molecule has 3 nitrogen and oxygen atoms in total. The molecule has 0 aliphatic carbocycles. The Balaban J connectivity index is 1.47. The summed E-state index contributed by atoms with van der Waals surface area (Å²) >= 11 is 0. The van der Waals surface area contributed by atoms with Gasteiger partial charge >= 0.3 is 0 Å². The molecule has 1 saturated heterocycles. The summed E-state index contributed by atoms with van der Waals surface area (Å²) in [6, 6.07) is 17.7. The standard InChI is InChI=1S/C20H24N2O/c1-2-6-20-18(4-1)5-3-13-22(20)21-19-9-7-16(8-10-19)17-11-14-23-15-12-17/h1-2,4,6-10,17,21H,3,5,11-15H2. The van der Waals surface area contributed by atoms with Crippen LogP contribution in [0.15, 0.2) is 48.5 Å². The molecule has 23 heavy (non-hydrogen) atoms. The highest BCUT2D eigenvalue weighted by Gasteiger charge is 2.17. The van der Waals surface area contributed by atoms with Gasteiger partial charge in [-0.3, -0.25) is 10.4 Å². The molecular weight excluding hydrogens is 284 g/mol. The Hall–Kier alpha value is -2.00. The predicted octanol–water partition coefficient (Wildman–Crippen LogP) is 4.36.